The third-order valence-corrected chi connectivity index (χ3v) is 7.57. The molecule has 0 amide bonds. The summed E-state index contributed by atoms with van der Waals surface area (Å²) in [7, 11) is 0. The second-order valence-corrected chi connectivity index (χ2v) is 10.5. The molecule has 3 atom stereocenters. The third-order valence-electron chi connectivity index (χ3n) is 7.38. The predicted octanol–water partition coefficient (Wildman–Crippen LogP) is 6.62. The van der Waals surface area contributed by atoms with Crippen molar-refractivity contribution in [2.75, 3.05) is 18.0 Å². The Bertz CT molecular complexity index is 1250. The Morgan fingerprint density at radius 3 is 2.33 bits per heavy atom. The second kappa shape index (κ2) is 8.83. The van der Waals surface area contributed by atoms with Crippen LogP contribution in [-0.4, -0.2) is 50.9 Å². The average molecular weight is 528 g/mol. The highest BCUT2D eigenvalue weighted by Gasteiger charge is 2.51. The number of rotatable bonds is 4. The highest BCUT2D eigenvalue weighted by Crippen LogP contribution is 2.51. The number of piperazine rings is 1. The molecule has 5 rings (SSSR count). The van der Waals surface area contributed by atoms with E-state index >= 15 is 0 Å². The zero-order valence-corrected chi connectivity index (χ0v) is 20.8. The molecular weight excluding hydrogens is 501 g/mol. The third kappa shape index (κ3) is 4.65. The minimum atomic E-state index is -4.45. The first kappa shape index (κ1) is 25.2. The van der Waals surface area contributed by atoms with Gasteiger partial charge in [0.15, 0.2) is 5.65 Å². The lowest BCUT2D eigenvalue weighted by Gasteiger charge is -2.52. The Labute approximate surface area is 210 Å². The first-order valence-corrected chi connectivity index (χ1v) is 12.3. The van der Waals surface area contributed by atoms with Gasteiger partial charge in [-0.3, -0.25) is 4.90 Å². The van der Waals surface area contributed by atoms with Crippen molar-refractivity contribution in [1.29, 1.82) is 0 Å². The summed E-state index contributed by atoms with van der Waals surface area (Å²) in [5.41, 5.74) is 2.06. The minimum absolute atomic E-state index is 0.0241. The number of benzene rings is 1. The lowest BCUT2D eigenvalue weighted by Crippen LogP contribution is -2.59. The molecule has 1 saturated carbocycles. The highest BCUT2D eigenvalue weighted by molar-refractivity contribution is 6.30. The number of pyridine rings is 1. The van der Waals surface area contributed by atoms with E-state index in [2.05, 4.69) is 24.8 Å². The maximum Gasteiger partial charge on any atom is 0.416 e. The Hall–Kier alpha value is -2.46. The quantitative estimate of drug-likeness (QED) is 0.306. The highest BCUT2D eigenvalue weighted by atomic mass is 35.5. The van der Waals surface area contributed by atoms with Crippen molar-refractivity contribution in [3.8, 4) is 0 Å². The van der Waals surface area contributed by atoms with Crippen LogP contribution in [0.2, 0.25) is 5.15 Å². The standard InChI is InChI=1S/C25H27ClF5N5/c1-13-12-36(14(2)11-35(13)19-8-20(26)34-23-21(19)32-15(3)33-23)22(17-9-24(27,28)10-17)16-4-6-18(7-5-16)25(29,30)31/h4-8,13-14,17,22H,9-12H2,1-3H3,(H,32,33,34)/t13-,14+,22?/m0/s1. The number of nitrogens with zero attached hydrogens (tertiary/aromatic N) is 4. The number of aromatic nitrogens is 3. The minimum Gasteiger partial charge on any atom is -0.364 e. The van der Waals surface area contributed by atoms with Gasteiger partial charge < -0.3 is 9.88 Å². The molecule has 1 saturated heterocycles. The van der Waals surface area contributed by atoms with Crippen LogP contribution in [0.4, 0.5) is 27.6 Å². The normalized spacial score (nSPS) is 24.2. The van der Waals surface area contributed by atoms with E-state index in [0.717, 1.165) is 23.3 Å². The average Bonchev–Trinajstić information content (AvgIpc) is 3.14. The molecule has 0 radical (unpaired) electrons. The van der Waals surface area contributed by atoms with E-state index in [0.29, 0.717) is 35.3 Å². The van der Waals surface area contributed by atoms with Gasteiger partial charge in [-0.1, -0.05) is 23.7 Å². The maximum absolute atomic E-state index is 13.9. The molecule has 3 aromatic rings. The molecule has 11 heteroatoms. The molecule has 2 aliphatic rings. The Kier molecular flexibility index (Phi) is 6.18. The first-order valence-electron chi connectivity index (χ1n) is 11.9. The molecule has 1 unspecified atom stereocenters. The SMILES string of the molecule is Cc1nc2nc(Cl)cc(N3C[C@@H](C)N(C(c4ccc(C(F)(F)F)cc4)C4CC(F)(F)C4)C[C@@H]3C)c2[nH]1. The topological polar surface area (TPSA) is 48.1 Å². The second-order valence-electron chi connectivity index (χ2n) is 10.1. The number of aryl methyl sites for hydroxylation is 1. The summed E-state index contributed by atoms with van der Waals surface area (Å²) < 4.78 is 67.2. The van der Waals surface area contributed by atoms with Crippen LogP contribution in [0.5, 0.6) is 0 Å². The molecule has 194 valence electrons. The fourth-order valence-electron chi connectivity index (χ4n) is 5.69. The number of alkyl halides is 5. The molecule has 1 aromatic carbocycles. The van der Waals surface area contributed by atoms with Crippen LogP contribution >= 0.6 is 11.6 Å². The van der Waals surface area contributed by atoms with E-state index in [9.17, 15) is 22.0 Å². The van der Waals surface area contributed by atoms with Crippen molar-refractivity contribution < 1.29 is 22.0 Å². The summed E-state index contributed by atoms with van der Waals surface area (Å²) in [5.74, 6) is -2.35. The van der Waals surface area contributed by atoms with Crippen molar-refractivity contribution in [1.82, 2.24) is 19.9 Å². The van der Waals surface area contributed by atoms with Gasteiger partial charge in [-0.2, -0.15) is 13.2 Å². The molecule has 5 nitrogen and oxygen atoms in total. The van der Waals surface area contributed by atoms with Crippen molar-refractivity contribution in [2.45, 2.75) is 63.8 Å². The fourth-order valence-corrected chi connectivity index (χ4v) is 5.88. The molecule has 3 heterocycles. The Morgan fingerprint density at radius 1 is 1.06 bits per heavy atom. The number of imidazole rings is 1. The summed E-state index contributed by atoms with van der Waals surface area (Å²) in [6.45, 7) is 7.03. The van der Waals surface area contributed by atoms with Crippen molar-refractivity contribution >= 4 is 28.5 Å². The van der Waals surface area contributed by atoms with Crippen LogP contribution in [0.25, 0.3) is 11.2 Å². The van der Waals surface area contributed by atoms with Crippen molar-refractivity contribution in [3.63, 3.8) is 0 Å². The Morgan fingerprint density at radius 2 is 1.72 bits per heavy atom. The van der Waals surface area contributed by atoms with Crippen molar-refractivity contribution in [3.05, 3.63) is 52.4 Å². The van der Waals surface area contributed by atoms with Gasteiger partial charge in [-0.15, -0.1) is 0 Å². The molecule has 36 heavy (non-hydrogen) atoms. The number of halogens is 6. The van der Waals surface area contributed by atoms with Gasteiger partial charge >= 0.3 is 6.18 Å². The molecule has 2 aromatic heterocycles. The van der Waals surface area contributed by atoms with Gasteiger partial charge in [0.2, 0.25) is 5.92 Å². The summed E-state index contributed by atoms with van der Waals surface area (Å²) in [6, 6.07) is 6.26. The predicted molar refractivity (Wildman–Crippen MR) is 128 cm³/mol. The van der Waals surface area contributed by atoms with E-state index in [1.54, 1.807) is 6.07 Å². The number of H-pyrrole nitrogens is 1. The van der Waals surface area contributed by atoms with Gasteiger partial charge in [0.25, 0.3) is 0 Å². The van der Waals surface area contributed by atoms with E-state index in [4.69, 9.17) is 11.6 Å². The molecule has 1 aliphatic heterocycles. The molecule has 0 bridgehead atoms. The molecule has 2 fully saturated rings. The summed E-state index contributed by atoms with van der Waals surface area (Å²) in [6.07, 6.45) is -4.99. The fraction of sp³-hybridized carbons (Fsp3) is 0.520. The zero-order valence-electron chi connectivity index (χ0n) is 20.1. The number of fused-ring (bicyclic) bond motifs is 1. The van der Waals surface area contributed by atoms with Crippen LogP contribution in [-0.2, 0) is 6.18 Å². The molecule has 1 N–H and O–H groups in total. The van der Waals surface area contributed by atoms with Gasteiger partial charge in [0.1, 0.15) is 16.5 Å². The number of nitrogens with one attached hydrogen (secondary N) is 1. The lowest BCUT2D eigenvalue weighted by atomic mass is 9.73. The largest absolute Gasteiger partial charge is 0.416 e. The van der Waals surface area contributed by atoms with Crippen LogP contribution < -0.4 is 4.90 Å². The van der Waals surface area contributed by atoms with Crippen LogP contribution in [0.1, 0.15) is 49.7 Å². The molecule has 1 aliphatic carbocycles. The van der Waals surface area contributed by atoms with Gasteiger partial charge in [-0.05, 0) is 44.4 Å². The summed E-state index contributed by atoms with van der Waals surface area (Å²) in [5, 5.41) is 0.325. The summed E-state index contributed by atoms with van der Waals surface area (Å²) in [4.78, 5) is 16.3. The van der Waals surface area contributed by atoms with E-state index in [1.807, 2.05) is 20.8 Å². The monoisotopic (exact) mass is 527 g/mol. The smallest absolute Gasteiger partial charge is 0.364 e. The number of hydrogen-bond donors (Lipinski definition) is 1. The maximum atomic E-state index is 13.9. The Balaban J connectivity index is 1.45. The molecule has 0 spiro atoms. The number of aromatic amines is 1. The first-order chi connectivity index (χ1) is 16.8. The van der Waals surface area contributed by atoms with Crippen LogP contribution in [0, 0.1) is 12.8 Å². The number of anilines is 1. The van der Waals surface area contributed by atoms with Crippen LogP contribution in [0.15, 0.2) is 30.3 Å². The van der Waals surface area contributed by atoms with Gasteiger partial charge in [0, 0.05) is 50.1 Å². The van der Waals surface area contributed by atoms with Gasteiger partial charge in [0.05, 0.1) is 11.3 Å². The van der Waals surface area contributed by atoms with E-state index in [1.165, 1.54) is 12.1 Å². The van der Waals surface area contributed by atoms with E-state index in [-0.39, 0.29) is 30.8 Å². The lowest BCUT2D eigenvalue weighted by molar-refractivity contribution is -0.138. The zero-order chi connectivity index (χ0) is 26.0. The van der Waals surface area contributed by atoms with Crippen molar-refractivity contribution in [2.24, 2.45) is 5.92 Å². The summed E-state index contributed by atoms with van der Waals surface area (Å²) >= 11 is 6.28. The van der Waals surface area contributed by atoms with Crippen LogP contribution in [0.3, 0.4) is 0 Å². The number of hydrogen-bond acceptors (Lipinski definition) is 4. The van der Waals surface area contributed by atoms with E-state index < -0.39 is 23.7 Å². The molecular formula is C25H27ClF5N5. The van der Waals surface area contributed by atoms with Gasteiger partial charge in [-0.25, -0.2) is 18.7 Å².